The molecule has 2 nitrogen and oxygen atoms in total. The van der Waals surface area contributed by atoms with Crippen LogP contribution in [0.4, 0.5) is 0 Å². The van der Waals surface area contributed by atoms with E-state index in [4.69, 9.17) is 5.73 Å². The SMILES string of the molecule is CCCSCc1nc(C(N)CCSC)cs1. The summed E-state index contributed by atoms with van der Waals surface area (Å²) in [4.78, 5) is 4.60. The molecular weight excluding hydrogens is 256 g/mol. The summed E-state index contributed by atoms with van der Waals surface area (Å²) in [6.45, 7) is 2.21. The molecular formula is C11H20N2S3. The zero-order chi connectivity index (χ0) is 11.8. The lowest BCUT2D eigenvalue weighted by Gasteiger charge is -2.06. The molecule has 0 bridgehead atoms. The number of hydrogen-bond donors (Lipinski definition) is 1. The third-order valence-corrected chi connectivity index (χ3v) is 5.02. The molecule has 1 aromatic heterocycles. The number of nitrogens with zero attached hydrogens (tertiary/aromatic N) is 1. The maximum absolute atomic E-state index is 6.07. The fourth-order valence-corrected chi connectivity index (χ4v) is 3.58. The van der Waals surface area contributed by atoms with E-state index in [1.165, 1.54) is 17.2 Å². The highest BCUT2D eigenvalue weighted by atomic mass is 32.2. The molecule has 92 valence electrons. The normalized spacial score (nSPS) is 12.9. The third kappa shape index (κ3) is 5.08. The van der Waals surface area contributed by atoms with Gasteiger partial charge < -0.3 is 5.73 Å². The van der Waals surface area contributed by atoms with E-state index in [1.807, 2.05) is 23.5 Å². The van der Waals surface area contributed by atoms with E-state index in [2.05, 4.69) is 23.5 Å². The Balaban J connectivity index is 2.37. The highest BCUT2D eigenvalue weighted by Gasteiger charge is 2.09. The van der Waals surface area contributed by atoms with Crippen LogP contribution < -0.4 is 5.73 Å². The second-order valence-electron chi connectivity index (χ2n) is 3.61. The smallest absolute Gasteiger partial charge is 0.103 e. The number of hydrogen-bond acceptors (Lipinski definition) is 5. The molecule has 0 aromatic carbocycles. The Labute approximate surface area is 111 Å². The van der Waals surface area contributed by atoms with Crippen molar-refractivity contribution in [1.29, 1.82) is 0 Å². The first kappa shape index (κ1) is 14.4. The van der Waals surface area contributed by atoms with Gasteiger partial charge in [0.15, 0.2) is 0 Å². The van der Waals surface area contributed by atoms with Crippen molar-refractivity contribution < 1.29 is 0 Å². The summed E-state index contributed by atoms with van der Waals surface area (Å²) < 4.78 is 0. The van der Waals surface area contributed by atoms with Crippen LogP contribution in [0.3, 0.4) is 0 Å². The van der Waals surface area contributed by atoms with Crippen LogP contribution in [0, 0.1) is 0 Å². The van der Waals surface area contributed by atoms with Gasteiger partial charge in [0.1, 0.15) is 5.01 Å². The van der Waals surface area contributed by atoms with Crippen molar-refractivity contribution >= 4 is 34.9 Å². The van der Waals surface area contributed by atoms with Crippen LogP contribution in [0.5, 0.6) is 0 Å². The van der Waals surface area contributed by atoms with Gasteiger partial charge in [0, 0.05) is 17.2 Å². The van der Waals surface area contributed by atoms with E-state index in [-0.39, 0.29) is 6.04 Å². The monoisotopic (exact) mass is 276 g/mol. The molecule has 16 heavy (non-hydrogen) atoms. The van der Waals surface area contributed by atoms with E-state index in [9.17, 15) is 0 Å². The number of thioether (sulfide) groups is 2. The zero-order valence-corrected chi connectivity index (χ0v) is 12.4. The Bertz CT molecular complexity index is 289. The molecule has 0 radical (unpaired) electrons. The standard InChI is InChI=1S/C11H20N2S3/c1-3-5-15-8-11-13-10(7-16-11)9(12)4-6-14-2/h7,9H,3-6,8,12H2,1-2H3. The molecule has 0 aliphatic heterocycles. The molecule has 0 spiro atoms. The molecule has 1 unspecified atom stereocenters. The van der Waals surface area contributed by atoms with Crippen LogP contribution in [0.2, 0.25) is 0 Å². The van der Waals surface area contributed by atoms with Gasteiger partial charge in [-0.3, -0.25) is 0 Å². The molecule has 0 fully saturated rings. The second kappa shape index (κ2) is 8.39. The average Bonchev–Trinajstić information content (AvgIpc) is 2.75. The number of rotatable bonds is 8. The molecule has 0 saturated carbocycles. The third-order valence-electron chi connectivity index (χ3n) is 2.16. The van der Waals surface area contributed by atoms with Crippen molar-refractivity contribution in [3.8, 4) is 0 Å². The Hall–Kier alpha value is 0.290. The van der Waals surface area contributed by atoms with Crippen molar-refractivity contribution in [2.24, 2.45) is 5.73 Å². The van der Waals surface area contributed by atoms with Gasteiger partial charge in [-0.15, -0.1) is 11.3 Å². The molecule has 1 rings (SSSR count). The fraction of sp³-hybridized carbons (Fsp3) is 0.727. The quantitative estimate of drug-likeness (QED) is 0.737. The lowest BCUT2D eigenvalue weighted by atomic mass is 10.2. The Morgan fingerprint density at radius 2 is 2.31 bits per heavy atom. The Kier molecular flexibility index (Phi) is 7.53. The molecule has 0 saturated heterocycles. The van der Waals surface area contributed by atoms with Gasteiger partial charge in [0.05, 0.1) is 5.69 Å². The molecule has 2 N–H and O–H groups in total. The van der Waals surface area contributed by atoms with Crippen molar-refractivity contribution in [3.05, 3.63) is 16.1 Å². The summed E-state index contributed by atoms with van der Waals surface area (Å²) in [5.74, 6) is 3.36. The minimum Gasteiger partial charge on any atom is -0.323 e. The van der Waals surface area contributed by atoms with E-state index in [0.717, 1.165) is 23.6 Å². The van der Waals surface area contributed by atoms with Crippen molar-refractivity contribution in [2.45, 2.75) is 31.6 Å². The fourth-order valence-electron chi connectivity index (χ4n) is 1.26. The number of thiazole rings is 1. The Morgan fingerprint density at radius 1 is 1.50 bits per heavy atom. The molecule has 0 aliphatic carbocycles. The Morgan fingerprint density at radius 3 is 3.00 bits per heavy atom. The first-order valence-corrected chi connectivity index (χ1v) is 8.97. The van der Waals surface area contributed by atoms with Gasteiger partial charge in [-0.1, -0.05) is 6.92 Å². The van der Waals surface area contributed by atoms with Crippen LogP contribution in [0.25, 0.3) is 0 Å². The summed E-state index contributed by atoms with van der Waals surface area (Å²) in [5, 5.41) is 3.33. The van der Waals surface area contributed by atoms with E-state index in [1.54, 1.807) is 11.3 Å². The number of aromatic nitrogens is 1. The largest absolute Gasteiger partial charge is 0.323 e. The summed E-state index contributed by atoms with van der Waals surface area (Å²) in [7, 11) is 0. The van der Waals surface area contributed by atoms with Gasteiger partial charge in [-0.05, 0) is 30.6 Å². The highest BCUT2D eigenvalue weighted by Crippen LogP contribution is 2.22. The molecule has 1 aromatic rings. The van der Waals surface area contributed by atoms with E-state index in [0.29, 0.717) is 0 Å². The maximum atomic E-state index is 6.07. The van der Waals surface area contributed by atoms with Gasteiger partial charge in [0.25, 0.3) is 0 Å². The van der Waals surface area contributed by atoms with Crippen molar-refractivity contribution in [1.82, 2.24) is 4.98 Å². The molecule has 5 heteroatoms. The molecule has 0 aliphatic rings. The summed E-state index contributed by atoms with van der Waals surface area (Å²) in [5.41, 5.74) is 7.15. The van der Waals surface area contributed by atoms with Crippen LogP contribution in [0.1, 0.15) is 36.5 Å². The summed E-state index contributed by atoms with van der Waals surface area (Å²) >= 11 is 5.54. The van der Waals surface area contributed by atoms with Crippen LogP contribution >= 0.6 is 34.9 Å². The predicted molar refractivity (Wildman–Crippen MR) is 78.5 cm³/mol. The van der Waals surface area contributed by atoms with Gasteiger partial charge >= 0.3 is 0 Å². The van der Waals surface area contributed by atoms with Crippen LogP contribution in [-0.2, 0) is 5.75 Å². The topological polar surface area (TPSA) is 38.9 Å². The van der Waals surface area contributed by atoms with Gasteiger partial charge in [-0.25, -0.2) is 4.98 Å². The molecule has 1 heterocycles. The van der Waals surface area contributed by atoms with Crippen LogP contribution in [-0.4, -0.2) is 22.7 Å². The van der Waals surface area contributed by atoms with Crippen LogP contribution in [0.15, 0.2) is 5.38 Å². The zero-order valence-electron chi connectivity index (χ0n) is 9.94. The van der Waals surface area contributed by atoms with Crippen molar-refractivity contribution in [2.75, 3.05) is 17.8 Å². The minimum atomic E-state index is 0.119. The molecule has 0 amide bonds. The summed E-state index contributed by atoms with van der Waals surface area (Å²) in [6.07, 6.45) is 4.36. The van der Waals surface area contributed by atoms with E-state index < -0.39 is 0 Å². The van der Waals surface area contributed by atoms with Gasteiger partial charge in [-0.2, -0.15) is 23.5 Å². The number of nitrogens with two attached hydrogens (primary N) is 1. The lowest BCUT2D eigenvalue weighted by Crippen LogP contribution is -2.11. The lowest BCUT2D eigenvalue weighted by molar-refractivity contribution is 0.685. The predicted octanol–water partition coefficient (Wildman–Crippen LogP) is 3.54. The first-order chi connectivity index (χ1) is 7.77. The maximum Gasteiger partial charge on any atom is 0.103 e. The minimum absolute atomic E-state index is 0.119. The van der Waals surface area contributed by atoms with E-state index >= 15 is 0 Å². The second-order valence-corrected chi connectivity index (χ2v) is 6.64. The van der Waals surface area contributed by atoms with Gasteiger partial charge in [0.2, 0.25) is 0 Å². The highest BCUT2D eigenvalue weighted by molar-refractivity contribution is 7.98. The summed E-state index contributed by atoms with van der Waals surface area (Å²) in [6, 6.07) is 0.119. The average molecular weight is 276 g/mol. The first-order valence-electron chi connectivity index (χ1n) is 5.54. The molecule has 1 atom stereocenters. The van der Waals surface area contributed by atoms with Crippen molar-refractivity contribution in [3.63, 3.8) is 0 Å².